The third kappa shape index (κ3) is 5.43. The minimum absolute atomic E-state index is 0.0419. The molecule has 6 nitrogen and oxygen atoms in total. The largest absolute Gasteiger partial charge is 0.495 e. The number of methoxy groups -OCH3 is 1. The van der Waals surface area contributed by atoms with Gasteiger partial charge in [0.15, 0.2) is 0 Å². The molecule has 1 aromatic carbocycles. The minimum Gasteiger partial charge on any atom is -0.495 e. The molecule has 1 aromatic rings. The highest BCUT2D eigenvalue weighted by Crippen LogP contribution is 2.22. The monoisotopic (exact) mass is 294 g/mol. The molecule has 116 valence electrons. The molecule has 1 rings (SSSR count). The number of benzene rings is 1. The van der Waals surface area contributed by atoms with Crippen molar-refractivity contribution >= 4 is 17.6 Å². The molecule has 0 radical (unpaired) electrons. The average Bonchev–Trinajstić information content (AvgIpc) is 2.43. The first-order valence-electron chi connectivity index (χ1n) is 6.84. The normalized spacial score (nSPS) is 12.0. The first-order chi connectivity index (χ1) is 9.95. The molecular weight excluding hydrogens is 272 g/mol. The third-order valence-corrected chi connectivity index (χ3v) is 3.03. The van der Waals surface area contributed by atoms with E-state index < -0.39 is 12.0 Å². The van der Waals surface area contributed by atoms with Crippen molar-refractivity contribution in [3.8, 4) is 5.75 Å². The molecule has 1 atom stereocenters. The number of carboxylic acid groups (broad SMARTS) is 1. The molecule has 1 amide bonds. The number of carboxylic acids is 1. The van der Waals surface area contributed by atoms with Gasteiger partial charge in [-0.2, -0.15) is 0 Å². The van der Waals surface area contributed by atoms with E-state index in [2.05, 4.69) is 10.6 Å². The van der Waals surface area contributed by atoms with Crippen molar-refractivity contribution in [2.45, 2.75) is 26.3 Å². The van der Waals surface area contributed by atoms with Crippen molar-refractivity contribution in [3.05, 3.63) is 24.3 Å². The Morgan fingerprint density at radius 3 is 2.52 bits per heavy atom. The number of carbonyl (C=O) groups excluding carboxylic acids is 1. The van der Waals surface area contributed by atoms with Gasteiger partial charge in [-0.15, -0.1) is 0 Å². The van der Waals surface area contributed by atoms with Crippen LogP contribution in [0.1, 0.15) is 20.3 Å². The lowest BCUT2D eigenvalue weighted by Gasteiger charge is -2.17. The van der Waals surface area contributed by atoms with Crippen LogP contribution in [-0.2, 0) is 9.59 Å². The van der Waals surface area contributed by atoms with E-state index in [1.807, 2.05) is 19.9 Å². The van der Waals surface area contributed by atoms with Gasteiger partial charge in [-0.25, -0.2) is 0 Å². The van der Waals surface area contributed by atoms with Crippen LogP contribution in [-0.4, -0.2) is 36.7 Å². The molecule has 0 bridgehead atoms. The quantitative estimate of drug-likeness (QED) is 0.679. The smallest absolute Gasteiger partial charge is 0.320 e. The van der Waals surface area contributed by atoms with E-state index in [4.69, 9.17) is 9.84 Å². The van der Waals surface area contributed by atoms with Crippen molar-refractivity contribution in [2.24, 2.45) is 5.92 Å². The Morgan fingerprint density at radius 1 is 1.29 bits per heavy atom. The Labute approximate surface area is 124 Å². The Kier molecular flexibility index (Phi) is 6.68. The van der Waals surface area contributed by atoms with Crippen molar-refractivity contribution < 1.29 is 19.4 Å². The van der Waals surface area contributed by atoms with Gasteiger partial charge in [0.25, 0.3) is 0 Å². The Hall–Kier alpha value is -2.08. The van der Waals surface area contributed by atoms with Crippen molar-refractivity contribution in [1.82, 2.24) is 5.32 Å². The summed E-state index contributed by atoms with van der Waals surface area (Å²) in [5.74, 6) is -0.556. The Bertz CT molecular complexity index is 488. The van der Waals surface area contributed by atoms with Gasteiger partial charge in [0.05, 0.1) is 12.8 Å². The van der Waals surface area contributed by atoms with Gasteiger partial charge in [-0.3, -0.25) is 9.59 Å². The third-order valence-electron chi connectivity index (χ3n) is 3.03. The molecule has 0 saturated carbocycles. The van der Waals surface area contributed by atoms with E-state index >= 15 is 0 Å². The van der Waals surface area contributed by atoms with Gasteiger partial charge < -0.3 is 20.5 Å². The fourth-order valence-electron chi connectivity index (χ4n) is 1.91. The number of hydrogen-bond acceptors (Lipinski definition) is 4. The number of amides is 1. The van der Waals surface area contributed by atoms with Crippen LogP contribution >= 0.6 is 0 Å². The maximum atomic E-state index is 11.8. The molecule has 0 fully saturated rings. The van der Waals surface area contributed by atoms with E-state index in [1.165, 1.54) is 7.11 Å². The summed E-state index contributed by atoms with van der Waals surface area (Å²) >= 11 is 0. The van der Waals surface area contributed by atoms with E-state index in [0.717, 1.165) is 0 Å². The zero-order valence-corrected chi connectivity index (χ0v) is 12.6. The number of anilines is 1. The predicted octanol–water partition coefficient (Wildman–Crippen LogP) is 1.72. The van der Waals surface area contributed by atoms with Gasteiger partial charge >= 0.3 is 5.97 Å². The van der Waals surface area contributed by atoms with Gasteiger partial charge in [-0.1, -0.05) is 26.0 Å². The average molecular weight is 294 g/mol. The topological polar surface area (TPSA) is 87.7 Å². The van der Waals surface area contributed by atoms with Gasteiger partial charge in [-0.05, 0) is 18.1 Å². The highest BCUT2D eigenvalue weighted by atomic mass is 16.5. The van der Waals surface area contributed by atoms with Crippen LogP contribution in [0, 0.1) is 5.92 Å². The van der Waals surface area contributed by atoms with E-state index in [-0.39, 0.29) is 18.2 Å². The van der Waals surface area contributed by atoms with Gasteiger partial charge in [0.1, 0.15) is 11.8 Å². The minimum atomic E-state index is -0.907. The van der Waals surface area contributed by atoms with Gasteiger partial charge in [0.2, 0.25) is 5.91 Å². The number of nitrogens with one attached hydrogen (secondary N) is 2. The number of ether oxygens (including phenoxy) is 1. The van der Waals surface area contributed by atoms with E-state index in [1.54, 1.807) is 18.2 Å². The maximum absolute atomic E-state index is 11.8. The highest BCUT2D eigenvalue weighted by molar-refractivity contribution is 5.92. The first kappa shape index (κ1) is 17.0. The number of carbonyl (C=O) groups is 2. The lowest BCUT2D eigenvalue weighted by atomic mass is 10.0. The number of para-hydroxylation sites is 2. The standard InChI is InChI=1S/C15H22N2O4/c1-10(2)14(15(19)20)16-9-8-13(18)17-11-6-4-5-7-12(11)21-3/h4-7,10,14,16H,8-9H2,1-3H3,(H,17,18)(H,19,20). The summed E-state index contributed by atoms with van der Waals surface area (Å²) in [5.41, 5.74) is 0.601. The molecule has 1 unspecified atom stereocenters. The van der Waals surface area contributed by atoms with Crippen molar-refractivity contribution in [3.63, 3.8) is 0 Å². The molecule has 0 aromatic heterocycles. The zero-order chi connectivity index (χ0) is 15.8. The van der Waals surface area contributed by atoms with E-state index in [0.29, 0.717) is 18.0 Å². The molecular formula is C15H22N2O4. The molecule has 6 heteroatoms. The fraction of sp³-hybridized carbons (Fsp3) is 0.467. The van der Waals surface area contributed by atoms with Crippen LogP contribution in [0.4, 0.5) is 5.69 Å². The Balaban J connectivity index is 2.46. The van der Waals surface area contributed by atoms with Crippen LogP contribution in [0.25, 0.3) is 0 Å². The molecule has 21 heavy (non-hydrogen) atoms. The molecule has 0 heterocycles. The summed E-state index contributed by atoms with van der Waals surface area (Å²) in [4.78, 5) is 22.9. The lowest BCUT2D eigenvalue weighted by molar-refractivity contribution is -0.140. The lowest BCUT2D eigenvalue weighted by Crippen LogP contribution is -2.42. The summed E-state index contributed by atoms with van der Waals surface area (Å²) in [5, 5.41) is 14.6. The summed E-state index contributed by atoms with van der Waals surface area (Å²) in [6, 6.07) is 6.47. The van der Waals surface area contributed by atoms with Crippen LogP contribution < -0.4 is 15.4 Å². The zero-order valence-electron chi connectivity index (χ0n) is 12.6. The molecule has 3 N–H and O–H groups in total. The van der Waals surface area contributed by atoms with Crippen LogP contribution in [0.15, 0.2) is 24.3 Å². The number of rotatable bonds is 8. The number of hydrogen-bond donors (Lipinski definition) is 3. The van der Waals surface area contributed by atoms with Crippen LogP contribution in [0.5, 0.6) is 5.75 Å². The van der Waals surface area contributed by atoms with Crippen LogP contribution in [0.3, 0.4) is 0 Å². The van der Waals surface area contributed by atoms with Gasteiger partial charge in [0, 0.05) is 13.0 Å². The Morgan fingerprint density at radius 2 is 1.95 bits per heavy atom. The molecule has 0 aliphatic carbocycles. The van der Waals surface area contributed by atoms with E-state index in [9.17, 15) is 9.59 Å². The SMILES string of the molecule is COc1ccccc1NC(=O)CCNC(C(=O)O)C(C)C. The first-order valence-corrected chi connectivity index (χ1v) is 6.84. The molecule has 0 aliphatic rings. The molecule has 0 saturated heterocycles. The molecule has 0 spiro atoms. The second-order valence-corrected chi connectivity index (χ2v) is 5.01. The highest BCUT2D eigenvalue weighted by Gasteiger charge is 2.20. The summed E-state index contributed by atoms with van der Waals surface area (Å²) in [6.07, 6.45) is 0.189. The predicted molar refractivity (Wildman–Crippen MR) is 80.5 cm³/mol. The maximum Gasteiger partial charge on any atom is 0.320 e. The van der Waals surface area contributed by atoms with Crippen molar-refractivity contribution in [2.75, 3.05) is 19.0 Å². The second-order valence-electron chi connectivity index (χ2n) is 5.01. The summed E-state index contributed by atoms with van der Waals surface area (Å²) in [6.45, 7) is 3.94. The molecule has 0 aliphatic heterocycles. The van der Waals surface area contributed by atoms with Crippen LogP contribution in [0.2, 0.25) is 0 Å². The summed E-state index contributed by atoms with van der Waals surface area (Å²) < 4.78 is 5.14. The second kappa shape index (κ2) is 8.26. The fourth-order valence-corrected chi connectivity index (χ4v) is 1.91. The number of aliphatic carboxylic acids is 1. The van der Waals surface area contributed by atoms with Crippen molar-refractivity contribution in [1.29, 1.82) is 0 Å². The summed E-state index contributed by atoms with van der Waals surface area (Å²) in [7, 11) is 1.53.